The van der Waals surface area contributed by atoms with Crippen LogP contribution < -0.4 is 56.5 Å². The topological polar surface area (TPSA) is 43.4 Å². The van der Waals surface area contributed by atoms with Crippen LogP contribution in [0.5, 0.6) is 0 Å². The van der Waals surface area contributed by atoms with Crippen molar-refractivity contribution in [3.05, 3.63) is 24.6 Å². The second-order valence-corrected chi connectivity index (χ2v) is 5.51. The molecule has 122 valence electrons. The average Bonchev–Trinajstić information content (AvgIpc) is 2.45. The van der Waals surface area contributed by atoms with Gasteiger partial charge in [0.1, 0.15) is 0 Å². The minimum Gasteiger partial charge on any atom is -0.548 e. The Bertz CT molecular complexity index is 281. The quantitative estimate of drug-likeness (QED) is 0.352. The zero-order chi connectivity index (χ0) is 15.8. The van der Waals surface area contributed by atoms with Crippen LogP contribution in [0.3, 0.4) is 0 Å². The molecule has 0 heterocycles. The standard InChI is InChI=1S/C18H33NO2.K/c1-3-5-7-9-11-13-15-19(17-18(20)21)16-14-12-10-8-6-4-2;/h13-16H,3-12,17H2,1-2H3,(H,20,21);/q;+1/p-1/b15-13+,16-14+;. The summed E-state index contributed by atoms with van der Waals surface area (Å²) in [6, 6.07) is 0. The number of rotatable bonds is 14. The summed E-state index contributed by atoms with van der Waals surface area (Å²) in [5.74, 6) is -1.04. The van der Waals surface area contributed by atoms with Crippen LogP contribution in [0.2, 0.25) is 0 Å². The number of carboxylic acid groups (broad SMARTS) is 1. The number of allylic oxidation sites excluding steroid dienone is 2. The van der Waals surface area contributed by atoms with E-state index in [1.165, 1.54) is 51.4 Å². The van der Waals surface area contributed by atoms with E-state index in [4.69, 9.17) is 0 Å². The Hall–Kier alpha value is 0.386. The Balaban J connectivity index is 0. The van der Waals surface area contributed by atoms with E-state index >= 15 is 0 Å². The van der Waals surface area contributed by atoms with Crippen LogP contribution in [-0.2, 0) is 4.79 Å². The van der Waals surface area contributed by atoms with Gasteiger partial charge in [0.05, 0.1) is 12.5 Å². The summed E-state index contributed by atoms with van der Waals surface area (Å²) in [4.78, 5) is 12.4. The fraction of sp³-hybridized carbons (Fsp3) is 0.722. The number of unbranched alkanes of at least 4 members (excludes halogenated alkanes) is 8. The molecule has 0 atom stereocenters. The van der Waals surface area contributed by atoms with E-state index in [2.05, 4.69) is 26.0 Å². The van der Waals surface area contributed by atoms with E-state index in [1.54, 1.807) is 4.90 Å². The molecule has 0 saturated carbocycles. The summed E-state index contributed by atoms with van der Waals surface area (Å²) in [6.07, 6.45) is 19.7. The molecule has 0 aliphatic heterocycles. The van der Waals surface area contributed by atoms with Crippen LogP contribution in [0.15, 0.2) is 24.6 Å². The third kappa shape index (κ3) is 18.4. The molecule has 0 spiro atoms. The van der Waals surface area contributed by atoms with E-state index in [1.807, 2.05) is 12.4 Å². The van der Waals surface area contributed by atoms with Gasteiger partial charge in [0, 0.05) is 0 Å². The first-order valence-corrected chi connectivity index (χ1v) is 8.49. The molecule has 0 amide bonds. The molecule has 4 heteroatoms. The molecule has 22 heavy (non-hydrogen) atoms. The smallest absolute Gasteiger partial charge is 0.548 e. The molecular formula is C18H32KNO2. The molecule has 0 N–H and O–H groups in total. The fourth-order valence-electron chi connectivity index (χ4n) is 2.10. The van der Waals surface area contributed by atoms with Gasteiger partial charge < -0.3 is 14.8 Å². The SMILES string of the molecule is CCCCCC/C=C/N(/C=C/CCCCCC)CC(=O)[O-].[K+]. The molecule has 3 nitrogen and oxygen atoms in total. The second kappa shape index (κ2) is 19.4. The van der Waals surface area contributed by atoms with Crippen molar-refractivity contribution >= 4 is 5.97 Å². The summed E-state index contributed by atoms with van der Waals surface area (Å²) >= 11 is 0. The molecule has 0 aromatic heterocycles. The number of carbonyl (C=O) groups excluding carboxylic acids is 1. The van der Waals surface area contributed by atoms with Crippen molar-refractivity contribution in [2.75, 3.05) is 6.54 Å². The first-order valence-electron chi connectivity index (χ1n) is 8.49. The normalized spacial score (nSPS) is 11.0. The van der Waals surface area contributed by atoms with Crippen molar-refractivity contribution in [3.63, 3.8) is 0 Å². The molecule has 0 rings (SSSR count). The van der Waals surface area contributed by atoms with Gasteiger partial charge in [0.15, 0.2) is 0 Å². The first-order chi connectivity index (χ1) is 10.2. The molecule has 0 saturated heterocycles. The van der Waals surface area contributed by atoms with Crippen LogP contribution in [0.1, 0.15) is 78.1 Å². The van der Waals surface area contributed by atoms with Crippen LogP contribution in [-0.4, -0.2) is 17.4 Å². The molecular weight excluding hydrogens is 301 g/mol. The predicted octanol–water partition coefficient (Wildman–Crippen LogP) is 1.01. The number of carbonyl (C=O) groups is 1. The summed E-state index contributed by atoms with van der Waals surface area (Å²) in [5, 5.41) is 10.7. The van der Waals surface area contributed by atoms with Gasteiger partial charge in [0.2, 0.25) is 0 Å². The number of aliphatic carboxylic acids is 1. The van der Waals surface area contributed by atoms with Crippen LogP contribution in [0.25, 0.3) is 0 Å². The van der Waals surface area contributed by atoms with Crippen LogP contribution in [0.4, 0.5) is 0 Å². The Morgan fingerprint density at radius 2 is 1.32 bits per heavy atom. The molecule has 0 aliphatic carbocycles. The average molecular weight is 334 g/mol. The van der Waals surface area contributed by atoms with Gasteiger partial charge in [-0.3, -0.25) is 0 Å². The summed E-state index contributed by atoms with van der Waals surface area (Å²) in [6.45, 7) is 4.32. The van der Waals surface area contributed by atoms with Crippen LogP contribution >= 0.6 is 0 Å². The molecule has 0 radical (unpaired) electrons. The Labute approximate surface area is 179 Å². The molecule has 0 aromatic carbocycles. The van der Waals surface area contributed by atoms with Gasteiger partial charge >= 0.3 is 51.4 Å². The largest absolute Gasteiger partial charge is 1.00 e. The Morgan fingerprint density at radius 1 is 0.864 bits per heavy atom. The fourth-order valence-corrected chi connectivity index (χ4v) is 2.10. The van der Waals surface area contributed by atoms with E-state index < -0.39 is 5.97 Å². The van der Waals surface area contributed by atoms with E-state index in [9.17, 15) is 9.90 Å². The van der Waals surface area contributed by atoms with Crippen molar-refractivity contribution < 1.29 is 61.3 Å². The summed E-state index contributed by atoms with van der Waals surface area (Å²) in [5.41, 5.74) is 0. The van der Waals surface area contributed by atoms with Crippen molar-refractivity contribution in [1.82, 2.24) is 4.90 Å². The van der Waals surface area contributed by atoms with Crippen molar-refractivity contribution in [2.45, 2.75) is 78.1 Å². The number of hydrogen-bond acceptors (Lipinski definition) is 3. The third-order valence-corrected chi connectivity index (χ3v) is 3.35. The minimum absolute atomic E-state index is 0. The van der Waals surface area contributed by atoms with Crippen molar-refractivity contribution in [2.24, 2.45) is 0 Å². The predicted molar refractivity (Wildman–Crippen MR) is 87.5 cm³/mol. The van der Waals surface area contributed by atoms with Gasteiger partial charge in [-0.1, -0.05) is 64.5 Å². The molecule has 0 aromatic rings. The van der Waals surface area contributed by atoms with Gasteiger partial charge in [-0.05, 0) is 38.1 Å². The first kappa shape index (κ1) is 24.6. The zero-order valence-electron chi connectivity index (χ0n) is 14.9. The zero-order valence-corrected chi connectivity index (χ0v) is 18.0. The maximum atomic E-state index is 10.7. The van der Waals surface area contributed by atoms with Gasteiger partial charge in [-0.2, -0.15) is 0 Å². The molecule has 0 fully saturated rings. The third-order valence-electron chi connectivity index (χ3n) is 3.35. The van der Waals surface area contributed by atoms with Gasteiger partial charge in [-0.25, -0.2) is 0 Å². The van der Waals surface area contributed by atoms with Gasteiger partial charge in [-0.15, -0.1) is 0 Å². The minimum atomic E-state index is -1.04. The maximum absolute atomic E-state index is 10.7. The Morgan fingerprint density at radius 3 is 1.68 bits per heavy atom. The second-order valence-electron chi connectivity index (χ2n) is 5.51. The maximum Gasteiger partial charge on any atom is 1.00 e. The van der Waals surface area contributed by atoms with Gasteiger partial charge in [0.25, 0.3) is 0 Å². The number of nitrogens with zero attached hydrogens (tertiary/aromatic N) is 1. The van der Waals surface area contributed by atoms with Crippen molar-refractivity contribution in [1.29, 1.82) is 0 Å². The van der Waals surface area contributed by atoms with Crippen molar-refractivity contribution in [3.8, 4) is 0 Å². The summed E-state index contributed by atoms with van der Waals surface area (Å²) in [7, 11) is 0. The molecule has 0 unspecified atom stereocenters. The van der Waals surface area contributed by atoms with E-state index in [0.717, 1.165) is 12.8 Å². The Kier molecular flexibility index (Phi) is 21.8. The van der Waals surface area contributed by atoms with E-state index in [0.29, 0.717) is 0 Å². The number of hydrogen-bond donors (Lipinski definition) is 0. The molecule has 0 aliphatic rings. The summed E-state index contributed by atoms with van der Waals surface area (Å²) < 4.78 is 0. The van der Waals surface area contributed by atoms with E-state index in [-0.39, 0.29) is 57.9 Å². The van der Waals surface area contributed by atoms with Crippen LogP contribution in [0, 0.1) is 0 Å². The number of carboxylic acids is 1. The molecule has 0 bridgehead atoms. The monoisotopic (exact) mass is 333 g/mol.